The Balaban J connectivity index is 2.30. The zero-order valence-corrected chi connectivity index (χ0v) is 9.81. The Bertz CT molecular complexity index is 363. The molecule has 1 aromatic carbocycles. The van der Waals surface area contributed by atoms with Crippen molar-refractivity contribution in [3.8, 4) is 11.8 Å². The molecule has 1 rings (SSSR count). The normalized spacial score (nSPS) is 9.88. The first kappa shape index (κ1) is 13.5. The molecule has 92 valence electrons. The molecule has 0 heterocycles. The third kappa shape index (κ3) is 5.88. The zero-order valence-electron chi connectivity index (χ0n) is 9.81. The molecule has 0 spiro atoms. The number of nitriles is 1. The highest BCUT2D eigenvalue weighted by atomic mass is 16.7. The maximum absolute atomic E-state index is 8.40. The fraction of sp³-hybridized carbons (Fsp3) is 0.417. The van der Waals surface area contributed by atoms with E-state index in [-0.39, 0.29) is 6.61 Å². The van der Waals surface area contributed by atoms with Crippen molar-refractivity contribution in [2.24, 2.45) is 0 Å². The van der Waals surface area contributed by atoms with Gasteiger partial charge in [-0.05, 0) is 17.7 Å². The van der Waals surface area contributed by atoms with Crippen LogP contribution in [0.25, 0.3) is 0 Å². The predicted octanol–water partition coefficient (Wildman–Crippen LogP) is 1.26. The third-order valence-corrected chi connectivity index (χ3v) is 1.97. The predicted molar refractivity (Wildman–Crippen MR) is 62.2 cm³/mol. The summed E-state index contributed by atoms with van der Waals surface area (Å²) in [5.41, 5.74) is 3.85. The van der Waals surface area contributed by atoms with Crippen LogP contribution in [0.2, 0.25) is 0 Å². The van der Waals surface area contributed by atoms with Crippen molar-refractivity contribution >= 4 is 0 Å². The van der Waals surface area contributed by atoms with Crippen molar-refractivity contribution < 1.29 is 14.3 Å². The maximum atomic E-state index is 8.40. The number of nitrogens with one attached hydrogen (secondary N) is 1. The smallest absolute Gasteiger partial charge is 0.174 e. The molecular weight excluding hydrogens is 220 g/mol. The molecule has 0 aliphatic carbocycles. The maximum Gasteiger partial charge on any atom is 0.174 e. The van der Waals surface area contributed by atoms with Crippen molar-refractivity contribution in [1.29, 1.82) is 5.26 Å². The fourth-order valence-electron chi connectivity index (χ4n) is 1.19. The van der Waals surface area contributed by atoms with E-state index in [9.17, 15) is 0 Å². The van der Waals surface area contributed by atoms with Crippen LogP contribution in [0.3, 0.4) is 0 Å². The van der Waals surface area contributed by atoms with E-state index in [2.05, 4.69) is 5.48 Å². The lowest BCUT2D eigenvalue weighted by molar-refractivity contribution is 0.00344. The number of hydroxylamine groups is 1. The van der Waals surface area contributed by atoms with Crippen LogP contribution in [0.4, 0.5) is 0 Å². The molecule has 5 nitrogen and oxygen atoms in total. The molecule has 0 aliphatic heterocycles. The summed E-state index contributed by atoms with van der Waals surface area (Å²) in [4.78, 5) is 5.13. The monoisotopic (exact) mass is 236 g/mol. The summed E-state index contributed by atoms with van der Waals surface area (Å²) in [5, 5.41) is 8.40. The number of methoxy groups -OCH3 is 1. The van der Waals surface area contributed by atoms with Crippen molar-refractivity contribution in [2.45, 2.75) is 6.54 Å². The van der Waals surface area contributed by atoms with Crippen LogP contribution in [0, 0.1) is 11.3 Å². The number of nitrogens with zero attached hydrogens (tertiary/aromatic N) is 1. The van der Waals surface area contributed by atoms with E-state index in [1.807, 2.05) is 30.3 Å². The lowest BCUT2D eigenvalue weighted by Crippen LogP contribution is -2.17. The number of hydrogen-bond donors (Lipinski definition) is 1. The Kier molecular flexibility index (Phi) is 6.75. The molecule has 0 unspecified atom stereocenters. The van der Waals surface area contributed by atoms with E-state index in [1.165, 1.54) is 0 Å². The molecule has 0 aliphatic rings. The summed E-state index contributed by atoms with van der Waals surface area (Å²) in [6, 6.07) is 9.43. The van der Waals surface area contributed by atoms with Gasteiger partial charge in [0.05, 0.1) is 13.2 Å². The minimum absolute atomic E-state index is 0.0568. The first-order chi connectivity index (χ1) is 8.36. The summed E-state index contributed by atoms with van der Waals surface area (Å²) in [6.45, 7) is 1.69. The SMILES string of the molecule is COCCONCc1cccc(OCC#N)c1. The second-order valence-electron chi connectivity index (χ2n) is 3.26. The molecule has 0 atom stereocenters. The van der Waals surface area contributed by atoms with Crippen molar-refractivity contribution in [3.63, 3.8) is 0 Å². The molecule has 17 heavy (non-hydrogen) atoms. The Labute approximate surface area is 101 Å². The Morgan fingerprint density at radius 1 is 1.35 bits per heavy atom. The van der Waals surface area contributed by atoms with E-state index >= 15 is 0 Å². The van der Waals surface area contributed by atoms with Crippen molar-refractivity contribution in [3.05, 3.63) is 29.8 Å². The third-order valence-electron chi connectivity index (χ3n) is 1.97. The largest absolute Gasteiger partial charge is 0.479 e. The van der Waals surface area contributed by atoms with Crippen LogP contribution >= 0.6 is 0 Å². The first-order valence-corrected chi connectivity index (χ1v) is 5.29. The van der Waals surface area contributed by atoms with Crippen LogP contribution in [-0.4, -0.2) is 26.9 Å². The molecule has 0 amide bonds. The van der Waals surface area contributed by atoms with Crippen LogP contribution in [0.15, 0.2) is 24.3 Å². The van der Waals surface area contributed by atoms with E-state index in [1.54, 1.807) is 7.11 Å². The molecule has 0 aromatic heterocycles. The van der Waals surface area contributed by atoms with E-state index in [0.717, 1.165) is 5.56 Å². The molecule has 0 fully saturated rings. The second-order valence-corrected chi connectivity index (χ2v) is 3.26. The van der Waals surface area contributed by atoms with Gasteiger partial charge in [-0.15, -0.1) is 0 Å². The molecule has 0 saturated carbocycles. The van der Waals surface area contributed by atoms with Gasteiger partial charge in [0.15, 0.2) is 6.61 Å². The molecular formula is C12H16N2O3. The van der Waals surface area contributed by atoms with Gasteiger partial charge in [0.2, 0.25) is 0 Å². The van der Waals surface area contributed by atoms with Gasteiger partial charge in [0.1, 0.15) is 11.8 Å². The van der Waals surface area contributed by atoms with E-state index < -0.39 is 0 Å². The standard InChI is InChI=1S/C12H16N2O3/c1-15-7-8-17-14-10-11-3-2-4-12(9-11)16-6-5-13/h2-4,9,14H,6-8,10H2,1H3. The fourth-order valence-corrected chi connectivity index (χ4v) is 1.19. The van der Waals surface area contributed by atoms with Crippen molar-refractivity contribution in [1.82, 2.24) is 5.48 Å². The van der Waals surface area contributed by atoms with Gasteiger partial charge in [-0.25, -0.2) is 0 Å². The van der Waals surface area contributed by atoms with Gasteiger partial charge in [-0.2, -0.15) is 10.7 Å². The molecule has 0 saturated heterocycles. The Morgan fingerprint density at radius 3 is 3.00 bits per heavy atom. The highest BCUT2D eigenvalue weighted by molar-refractivity contribution is 5.28. The Hall–Kier alpha value is -1.61. The zero-order chi connectivity index (χ0) is 12.3. The Morgan fingerprint density at radius 2 is 2.24 bits per heavy atom. The van der Waals surface area contributed by atoms with Gasteiger partial charge in [0.25, 0.3) is 0 Å². The topological polar surface area (TPSA) is 63.5 Å². The van der Waals surface area contributed by atoms with Crippen LogP contribution in [-0.2, 0) is 16.1 Å². The molecule has 0 radical (unpaired) electrons. The summed E-state index contributed by atoms with van der Waals surface area (Å²) in [7, 11) is 1.62. The average molecular weight is 236 g/mol. The summed E-state index contributed by atoms with van der Waals surface area (Å²) < 4.78 is 10.0. The highest BCUT2D eigenvalue weighted by Gasteiger charge is 1.96. The molecule has 5 heteroatoms. The lowest BCUT2D eigenvalue weighted by Gasteiger charge is -2.07. The van der Waals surface area contributed by atoms with Crippen LogP contribution in [0.1, 0.15) is 5.56 Å². The van der Waals surface area contributed by atoms with Crippen LogP contribution in [0.5, 0.6) is 5.75 Å². The lowest BCUT2D eigenvalue weighted by atomic mass is 10.2. The number of rotatable bonds is 8. The summed E-state index contributed by atoms with van der Waals surface area (Å²) >= 11 is 0. The number of benzene rings is 1. The summed E-state index contributed by atoms with van der Waals surface area (Å²) in [6.07, 6.45) is 0. The minimum Gasteiger partial charge on any atom is -0.479 e. The van der Waals surface area contributed by atoms with Gasteiger partial charge in [0, 0.05) is 13.7 Å². The molecule has 1 N–H and O–H groups in total. The van der Waals surface area contributed by atoms with Gasteiger partial charge in [-0.1, -0.05) is 12.1 Å². The average Bonchev–Trinajstić information content (AvgIpc) is 2.37. The van der Waals surface area contributed by atoms with Gasteiger partial charge in [-0.3, -0.25) is 4.84 Å². The van der Waals surface area contributed by atoms with Gasteiger partial charge < -0.3 is 9.47 Å². The number of ether oxygens (including phenoxy) is 2. The second kappa shape index (κ2) is 8.53. The molecule has 0 bridgehead atoms. The quantitative estimate of drug-likeness (QED) is 0.543. The first-order valence-electron chi connectivity index (χ1n) is 5.29. The van der Waals surface area contributed by atoms with E-state index in [4.69, 9.17) is 19.6 Å². The minimum atomic E-state index is 0.0568. The van der Waals surface area contributed by atoms with E-state index in [0.29, 0.717) is 25.5 Å². The number of hydrogen-bond acceptors (Lipinski definition) is 5. The highest BCUT2D eigenvalue weighted by Crippen LogP contribution is 2.12. The van der Waals surface area contributed by atoms with Crippen LogP contribution < -0.4 is 10.2 Å². The van der Waals surface area contributed by atoms with Gasteiger partial charge >= 0.3 is 0 Å². The van der Waals surface area contributed by atoms with Crippen molar-refractivity contribution in [2.75, 3.05) is 26.9 Å². The summed E-state index contributed by atoms with van der Waals surface area (Å²) in [5.74, 6) is 0.683. The molecule has 1 aromatic rings.